The van der Waals surface area contributed by atoms with Gasteiger partial charge in [-0.3, -0.25) is 9.69 Å². The summed E-state index contributed by atoms with van der Waals surface area (Å²) in [5, 5.41) is 0. The van der Waals surface area contributed by atoms with E-state index in [1.54, 1.807) is 11.3 Å². The molecular weight excluding hydrogens is 335 g/mol. The van der Waals surface area contributed by atoms with Crippen molar-refractivity contribution in [1.29, 1.82) is 0 Å². The molecule has 1 saturated heterocycles. The number of carbonyl (C=O) groups is 1. The van der Waals surface area contributed by atoms with Crippen LogP contribution in [-0.4, -0.2) is 55.4 Å². The molecule has 16 heavy (non-hydrogen) atoms. The molecule has 0 spiro atoms. The lowest BCUT2D eigenvalue weighted by atomic mass is 10.2. The first-order chi connectivity index (χ1) is 7.65. The maximum absolute atomic E-state index is 12.0. The molecule has 1 aromatic heterocycles. The van der Waals surface area contributed by atoms with Crippen LogP contribution in [0.25, 0.3) is 0 Å². The minimum absolute atomic E-state index is 0.262. The highest BCUT2D eigenvalue weighted by molar-refractivity contribution is 14.1. The van der Waals surface area contributed by atoms with Crippen molar-refractivity contribution >= 4 is 39.7 Å². The van der Waals surface area contributed by atoms with Crippen LogP contribution >= 0.6 is 33.9 Å². The van der Waals surface area contributed by atoms with Crippen molar-refractivity contribution in [3.63, 3.8) is 0 Å². The summed E-state index contributed by atoms with van der Waals surface area (Å²) in [4.78, 5) is 17.4. The lowest BCUT2D eigenvalue weighted by Crippen LogP contribution is -2.46. The van der Waals surface area contributed by atoms with E-state index in [4.69, 9.17) is 0 Å². The molecule has 0 aliphatic carbocycles. The lowest BCUT2D eigenvalue weighted by molar-refractivity contribution is 0.0880. The third-order valence-corrected chi connectivity index (χ3v) is 4.75. The molecule has 1 fully saturated rings. The zero-order chi connectivity index (χ0) is 11.5. The van der Waals surface area contributed by atoms with Gasteiger partial charge < -0.3 is 4.90 Å². The Labute approximate surface area is 114 Å². The summed E-state index contributed by atoms with van der Waals surface area (Å²) in [5.74, 6) is 0.262. The van der Waals surface area contributed by atoms with E-state index in [-0.39, 0.29) is 5.78 Å². The number of hydrogen-bond donors (Lipinski definition) is 0. The van der Waals surface area contributed by atoms with Crippen LogP contribution in [0.5, 0.6) is 0 Å². The summed E-state index contributed by atoms with van der Waals surface area (Å²) in [6, 6.07) is 3.94. The fourth-order valence-electron chi connectivity index (χ4n) is 1.75. The Bertz CT molecular complexity index is 372. The fraction of sp³-hybridized carbons (Fsp3) is 0.545. The number of hydrogen-bond acceptors (Lipinski definition) is 4. The van der Waals surface area contributed by atoms with Crippen LogP contribution in [0.15, 0.2) is 12.1 Å². The molecule has 2 rings (SSSR count). The van der Waals surface area contributed by atoms with E-state index in [1.807, 2.05) is 12.1 Å². The molecule has 2 heterocycles. The van der Waals surface area contributed by atoms with Crippen LogP contribution in [0.4, 0.5) is 0 Å². The second-order valence-corrected chi connectivity index (χ2v) is 7.08. The third-order valence-electron chi connectivity index (χ3n) is 2.81. The number of nitrogens with zero attached hydrogens (tertiary/aromatic N) is 2. The Hall–Kier alpha value is 0.0200. The largest absolute Gasteiger partial charge is 0.304 e. The van der Waals surface area contributed by atoms with E-state index in [9.17, 15) is 4.79 Å². The quantitative estimate of drug-likeness (QED) is 0.613. The van der Waals surface area contributed by atoms with Gasteiger partial charge in [-0.2, -0.15) is 0 Å². The van der Waals surface area contributed by atoms with Gasteiger partial charge in [-0.15, -0.1) is 11.3 Å². The van der Waals surface area contributed by atoms with Crippen LogP contribution in [0.1, 0.15) is 9.67 Å². The molecule has 1 aromatic rings. The highest BCUT2D eigenvalue weighted by atomic mass is 127. The van der Waals surface area contributed by atoms with Crippen molar-refractivity contribution in [2.24, 2.45) is 0 Å². The van der Waals surface area contributed by atoms with Crippen molar-refractivity contribution in [2.75, 3.05) is 39.8 Å². The average molecular weight is 350 g/mol. The number of Topliss-reactive ketones (excluding diaryl/α,β-unsaturated/α-hetero) is 1. The Morgan fingerprint density at radius 2 is 2.06 bits per heavy atom. The molecule has 88 valence electrons. The molecule has 0 saturated carbocycles. The molecule has 5 heteroatoms. The number of halogens is 1. The number of ketones is 1. The van der Waals surface area contributed by atoms with Crippen molar-refractivity contribution in [3.05, 3.63) is 19.9 Å². The maximum Gasteiger partial charge on any atom is 0.186 e. The summed E-state index contributed by atoms with van der Waals surface area (Å²) >= 11 is 3.84. The van der Waals surface area contributed by atoms with Gasteiger partial charge >= 0.3 is 0 Å². The number of piperazine rings is 1. The Morgan fingerprint density at radius 1 is 1.38 bits per heavy atom. The number of likely N-dealkylation sites (N-methyl/N-ethyl adjacent to an activating group) is 1. The summed E-state index contributed by atoms with van der Waals surface area (Å²) in [7, 11) is 2.13. The Kier molecular flexibility index (Phi) is 4.34. The standard InChI is InChI=1S/C11H15IN2OS/c1-13-4-6-14(7-5-13)8-9(15)10-2-3-11(12)16-10/h2-3H,4-8H2,1H3. The van der Waals surface area contributed by atoms with Gasteiger partial charge in [-0.25, -0.2) is 0 Å². The van der Waals surface area contributed by atoms with Crippen molar-refractivity contribution < 1.29 is 4.79 Å². The number of carbonyl (C=O) groups excluding carboxylic acids is 1. The van der Waals surface area contributed by atoms with Crippen LogP contribution in [0.3, 0.4) is 0 Å². The van der Waals surface area contributed by atoms with Gasteiger partial charge in [-0.05, 0) is 41.8 Å². The predicted octanol–water partition coefficient (Wildman–Crippen LogP) is 1.78. The Morgan fingerprint density at radius 3 is 2.62 bits per heavy atom. The molecule has 1 aliphatic heterocycles. The summed E-state index contributed by atoms with van der Waals surface area (Å²) < 4.78 is 1.18. The molecule has 1 aliphatic rings. The minimum atomic E-state index is 0.262. The highest BCUT2D eigenvalue weighted by Crippen LogP contribution is 2.19. The molecule has 3 nitrogen and oxygen atoms in total. The molecule has 0 amide bonds. The van der Waals surface area contributed by atoms with Gasteiger partial charge in [0.25, 0.3) is 0 Å². The first kappa shape index (κ1) is 12.5. The normalized spacial score (nSPS) is 18.9. The van der Waals surface area contributed by atoms with Crippen LogP contribution in [0.2, 0.25) is 0 Å². The second kappa shape index (κ2) is 5.57. The van der Waals surface area contributed by atoms with Gasteiger partial charge in [-0.1, -0.05) is 0 Å². The smallest absolute Gasteiger partial charge is 0.186 e. The zero-order valence-electron chi connectivity index (χ0n) is 9.28. The molecule has 0 radical (unpaired) electrons. The summed E-state index contributed by atoms with van der Waals surface area (Å²) in [5.41, 5.74) is 0. The second-order valence-electron chi connectivity index (χ2n) is 4.11. The average Bonchev–Trinajstić information content (AvgIpc) is 2.68. The summed E-state index contributed by atoms with van der Waals surface area (Å²) in [6.45, 7) is 4.71. The van der Waals surface area contributed by atoms with E-state index in [2.05, 4.69) is 39.4 Å². The van der Waals surface area contributed by atoms with Gasteiger partial charge in [0.15, 0.2) is 5.78 Å². The van der Waals surface area contributed by atoms with Crippen molar-refractivity contribution in [2.45, 2.75) is 0 Å². The molecule has 0 aromatic carbocycles. The fourth-order valence-corrected chi connectivity index (χ4v) is 3.30. The van der Waals surface area contributed by atoms with Crippen molar-refractivity contribution in [3.8, 4) is 0 Å². The molecule has 0 atom stereocenters. The monoisotopic (exact) mass is 350 g/mol. The molecule has 0 bridgehead atoms. The van der Waals surface area contributed by atoms with E-state index >= 15 is 0 Å². The van der Waals surface area contributed by atoms with E-state index in [0.717, 1.165) is 31.1 Å². The summed E-state index contributed by atoms with van der Waals surface area (Å²) in [6.07, 6.45) is 0. The molecular formula is C11H15IN2OS. The minimum Gasteiger partial charge on any atom is -0.304 e. The topological polar surface area (TPSA) is 23.6 Å². The van der Waals surface area contributed by atoms with Crippen LogP contribution < -0.4 is 0 Å². The van der Waals surface area contributed by atoms with Gasteiger partial charge in [0.1, 0.15) is 0 Å². The van der Waals surface area contributed by atoms with Crippen molar-refractivity contribution in [1.82, 2.24) is 9.80 Å². The predicted molar refractivity (Wildman–Crippen MR) is 75.3 cm³/mol. The van der Waals surface area contributed by atoms with E-state index < -0.39 is 0 Å². The van der Waals surface area contributed by atoms with E-state index in [0.29, 0.717) is 6.54 Å². The van der Waals surface area contributed by atoms with Gasteiger partial charge in [0.2, 0.25) is 0 Å². The zero-order valence-corrected chi connectivity index (χ0v) is 12.3. The van der Waals surface area contributed by atoms with Gasteiger partial charge in [0.05, 0.1) is 14.3 Å². The molecule has 0 N–H and O–H groups in total. The van der Waals surface area contributed by atoms with Gasteiger partial charge in [0, 0.05) is 26.2 Å². The first-order valence-corrected chi connectivity index (χ1v) is 7.24. The number of thiophene rings is 1. The Balaban J connectivity index is 1.88. The third kappa shape index (κ3) is 3.26. The SMILES string of the molecule is CN1CCN(CC(=O)c2ccc(I)s2)CC1. The molecule has 0 unspecified atom stereocenters. The maximum atomic E-state index is 12.0. The van der Waals surface area contributed by atoms with E-state index in [1.165, 1.54) is 2.88 Å². The van der Waals surface area contributed by atoms with Crippen LogP contribution in [0, 0.1) is 2.88 Å². The highest BCUT2D eigenvalue weighted by Gasteiger charge is 2.18. The first-order valence-electron chi connectivity index (χ1n) is 5.34. The van der Waals surface area contributed by atoms with Crippen LogP contribution in [-0.2, 0) is 0 Å². The number of rotatable bonds is 3. The lowest BCUT2D eigenvalue weighted by Gasteiger charge is -2.31.